The Kier molecular flexibility index (Phi) is 5.13. The third-order valence-electron chi connectivity index (χ3n) is 4.95. The van der Waals surface area contributed by atoms with Gasteiger partial charge in [-0.2, -0.15) is 0 Å². The molecule has 1 aliphatic carbocycles. The van der Waals surface area contributed by atoms with Crippen LogP contribution in [0, 0.1) is 0 Å². The summed E-state index contributed by atoms with van der Waals surface area (Å²) in [6.07, 6.45) is 5.29. The van der Waals surface area contributed by atoms with Gasteiger partial charge < -0.3 is 19.2 Å². The van der Waals surface area contributed by atoms with Gasteiger partial charge in [-0.15, -0.1) is 10.2 Å². The molecule has 29 heavy (non-hydrogen) atoms. The van der Waals surface area contributed by atoms with E-state index in [1.807, 2.05) is 30.5 Å². The Bertz CT molecular complexity index is 1080. The lowest BCUT2D eigenvalue weighted by Crippen LogP contribution is -2.18. The number of para-hydroxylation sites is 1. The van der Waals surface area contributed by atoms with Crippen molar-refractivity contribution < 1.29 is 14.3 Å². The van der Waals surface area contributed by atoms with Gasteiger partial charge in [0.05, 0.1) is 19.0 Å². The molecule has 0 aliphatic heterocycles. The number of furan rings is 1. The molecule has 5 rings (SSSR count). The third-order valence-corrected chi connectivity index (χ3v) is 6.03. The Labute approximate surface area is 172 Å². The summed E-state index contributed by atoms with van der Waals surface area (Å²) in [5, 5.41) is 21.2. The van der Waals surface area contributed by atoms with E-state index in [-0.39, 0.29) is 6.61 Å². The SMILES string of the molecule is OC(COCc1ccco1)CSc1nnc(-c2c[nH]c3ccccc23)n1C1CC1. The Morgan fingerprint density at radius 1 is 1.24 bits per heavy atom. The molecule has 1 unspecified atom stereocenters. The Balaban J connectivity index is 1.27. The first-order valence-electron chi connectivity index (χ1n) is 9.72. The standard InChI is InChI=1S/C21H22N4O3S/c26-15(11-27-12-16-4-3-9-28-16)13-29-21-24-23-20(25(21)14-7-8-14)18-10-22-19-6-2-1-5-17(18)19/h1-6,9-10,14-15,22,26H,7-8,11-13H2. The van der Waals surface area contributed by atoms with E-state index in [0.717, 1.165) is 46.0 Å². The number of aliphatic hydroxyl groups excluding tert-OH is 1. The molecule has 3 aromatic heterocycles. The minimum Gasteiger partial charge on any atom is -0.467 e. The lowest BCUT2D eigenvalue weighted by Gasteiger charge is -2.12. The first-order chi connectivity index (χ1) is 14.3. The van der Waals surface area contributed by atoms with Gasteiger partial charge in [0.1, 0.15) is 12.4 Å². The largest absolute Gasteiger partial charge is 0.467 e. The van der Waals surface area contributed by atoms with Crippen molar-refractivity contribution in [2.24, 2.45) is 0 Å². The van der Waals surface area contributed by atoms with E-state index in [1.54, 1.807) is 6.26 Å². The normalized spacial score (nSPS) is 15.2. The number of aliphatic hydroxyl groups is 1. The van der Waals surface area contributed by atoms with Crippen molar-refractivity contribution in [1.29, 1.82) is 0 Å². The predicted molar refractivity (Wildman–Crippen MR) is 111 cm³/mol. The monoisotopic (exact) mass is 410 g/mol. The minimum absolute atomic E-state index is 0.251. The van der Waals surface area contributed by atoms with Gasteiger partial charge in [-0.05, 0) is 31.0 Å². The van der Waals surface area contributed by atoms with Crippen molar-refractivity contribution in [3.63, 3.8) is 0 Å². The minimum atomic E-state index is -0.587. The Morgan fingerprint density at radius 3 is 2.97 bits per heavy atom. The molecule has 7 nitrogen and oxygen atoms in total. The van der Waals surface area contributed by atoms with Gasteiger partial charge in [0.15, 0.2) is 11.0 Å². The molecule has 1 saturated carbocycles. The zero-order chi connectivity index (χ0) is 19.6. The molecule has 1 fully saturated rings. The predicted octanol–water partition coefficient (Wildman–Crippen LogP) is 4.02. The third kappa shape index (κ3) is 3.96. The highest BCUT2D eigenvalue weighted by Crippen LogP contribution is 2.42. The summed E-state index contributed by atoms with van der Waals surface area (Å²) >= 11 is 1.52. The molecular weight excluding hydrogens is 388 g/mol. The van der Waals surface area contributed by atoms with Crippen LogP contribution >= 0.6 is 11.8 Å². The van der Waals surface area contributed by atoms with Gasteiger partial charge in [-0.25, -0.2) is 0 Å². The number of hydrogen-bond donors (Lipinski definition) is 2. The number of hydrogen-bond acceptors (Lipinski definition) is 6. The maximum Gasteiger partial charge on any atom is 0.191 e. The number of H-pyrrole nitrogens is 1. The molecule has 8 heteroatoms. The molecule has 4 aromatic rings. The van der Waals surface area contributed by atoms with E-state index in [9.17, 15) is 5.11 Å². The van der Waals surface area contributed by atoms with E-state index in [1.165, 1.54) is 11.8 Å². The van der Waals surface area contributed by atoms with Gasteiger partial charge in [0, 0.05) is 34.5 Å². The number of nitrogens with one attached hydrogen (secondary N) is 1. The van der Waals surface area contributed by atoms with E-state index in [4.69, 9.17) is 9.15 Å². The van der Waals surface area contributed by atoms with Crippen molar-refractivity contribution in [2.45, 2.75) is 36.8 Å². The molecule has 0 saturated heterocycles. The molecule has 0 spiro atoms. The van der Waals surface area contributed by atoms with Gasteiger partial charge in [-0.1, -0.05) is 30.0 Å². The van der Waals surface area contributed by atoms with E-state index in [0.29, 0.717) is 18.4 Å². The van der Waals surface area contributed by atoms with E-state index >= 15 is 0 Å². The fourth-order valence-electron chi connectivity index (χ4n) is 3.39. The number of aromatic nitrogens is 4. The molecule has 1 aliphatic rings. The average molecular weight is 410 g/mol. The van der Waals surface area contributed by atoms with Crippen molar-refractivity contribution in [3.8, 4) is 11.4 Å². The maximum atomic E-state index is 10.3. The van der Waals surface area contributed by atoms with Gasteiger partial charge in [-0.3, -0.25) is 4.57 Å². The van der Waals surface area contributed by atoms with Gasteiger partial charge in [0.2, 0.25) is 0 Å². The number of rotatable bonds is 9. The second-order valence-electron chi connectivity index (χ2n) is 7.21. The second kappa shape index (κ2) is 8.06. The zero-order valence-electron chi connectivity index (χ0n) is 15.8. The summed E-state index contributed by atoms with van der Waals surface area (Å²) in [7, 11) is 0. The highest BCUT2D eigenvalue weighted by atomic mass is 32.2. The van der Waals surface area contributed by atoms with Crippen LogP contribution in [0.25, 0.3) is 22.3 Å². The van der Waals surface area contributed by atoms with Crippen LogP contribution in [0.3, 0.4) is 0 Å². The molecule has 0 radical (unpaired) electrons. The summed E-state index contributed by atoms with van der Waals surface area (Å²) in [5.74, 6) is 2.13. The van der Waals surface area contributed by atoms with Crippen LogP contribution in [0.1, 0.15) is 24.6 Å². The molecule has 3 heterocycles. The first-order valence-corrected chi connectivity index (χ1v) is 10.7. The Morgan fingerprint density at radius 2 is 2.14 bits per heavy atom. The number of ether oxygens (including phenoxy) is 1. The molecular formula is C21H22N4O3S. The average Bonchev–Trinajstić information content (AvgIpc) is 3.13. The molecule has 1 atom stereocenters. The number of benzene rings is 1. The van der Waals surface area contributed by atoms with Crippen molar-refractivity contribution >= 4 is 22.7 Å². The number of fused-ring (bicyclic) bond motifs is 1. The summed E-state index contributed by atoms with van der Waals surface area (Å²) < 4.78 is 13.0. The molecule has 1 aromatic carbocycles. The van der Waals surface area contributed by atoms with Crippen LogP contribution in [0.4, 0.5) is 0 Å². The fourth-order valence-corrected chi connectivity index (χ4v) is 4.30. The van der Waals surface area contributed by atoms with Crippen molar-refractivity contribution in [3.05, 3.63) is 54.6 Å². The lowest BCUT2D eigenvalue weighted by molar-refractivity contribution is 0.0328. The quantitative estimate of drug-likeness (QED) is 0.405. The molecule has 0 bridgehead atoms. The highest BCUT2D eigenvalue weighted by Gasteiger charge is 2.31. The number of aromatic amines is 1. The van der Waals surface area contributed by atoms with E-state index < -0.39 is 6.10 Å². The number of nitrogens with zero attached hydrogens (tertiary/aromatic N) is 3. The van der Waals surface area contributed by atoms with Crippen LogP contribution in [0.2, 0.25) is 0 Å². The van der Waals surface area contributed by atoms with Crippen LogP contribution in [0.5, 0.6) is 0 Å². The molecule has 0 amide bonds. The molecule has 2 N–H and O–H groups in total. The summed E-state index contributed by atoms with van der Waals surface area (Å²) in [5.41, 5.74) is 2.15. The highest BCUT2D eigenvalue weighted by molar-refractivity contribution is 7.99. The van der Waals surface area contributed by atoms with Crippen LogP contribution < -0.4 is 0 Å². The van der Waals surface area contributed by atoms with Crippen molar-refractivity contribution in [1.82, 2.24) is 19.7 Å². The van der Waals surface area contributed by atoms with Gasteiger partial charge in [0.25, 0.3) is 0 Å². The molecule has 150 valence electrons. The summed E-state index contributed by atoms with van der Waals surface area (Å²) in [6, 6.07) is 12.3. The second-order valence-corrected chi connectivity index (χ2v) is 8.20. The van der Waals surface area contributed by atoms with Gasteiger partial charge >= 0.3 is 0 Å². The smallest absolute Gasteiger partial charge is 0.191 e. The first kappa shape index (κ1) is 18.5. The van der Waals surface area contributed by atoms with Crippen LogP contribution in [-0.4, -0.2) is 43.3 Å². The maximum absolute atomic E-state index is 10.3. The number of thioether (sulfide) groups is 1. The van der Waals surface area contributed by atoms with Crippen molar-refractivity contribution in [2.75, 3.05) is 12.4 Å². The summed E-state index contributed by atoms with van der Waals surface area (Å²) in [6.45, 7) is 0.609. The topological polar surface area (TPSA) is 89.1 Å². The van der Waals surface area contributed by atoms with E-state index in [2.05, 4.69) is 31.9 Å². The summed E-state index contributed by atoms with van der Waals surface area (Å²) in [4.78, 5) is 3.32. The zero-order valence-corrected chi connectivity index (χ0v) is 16.6. The lowest BCUT2D eigenvalue weighted by atomic mass is 10.1. The fraction of sp³-hybridized carbons (Fsp3) is 0.333. The van der Waals surface area contributed by atoms with Crippen LogP contribution in [0.15, 0.2) is 58.4 Å². The Hall–Kier alpha value is -2.55. The van der Waals surface area contributed by atoms with Crippen LogP contribution in [-0.2, 0) is 11.3 Å².